The van der Waals surface area contributed by atoms with E-state index in [4.69, 9.17) is 9.97 Å². The molecule has 3 aromatic heterocycles. The standard InChI is InChI=1S/C48H29N3S/c1-3-14-31(15-4-1)39-29-44-41(28-38(39)36-24-23-30-13-7-8-18-33(30)25-36)45-47(49-46(50-48(45)52-44)32-16-5-2-6-17-32)51-42-22-12-11-21-37(42)40-26-34-19-9-10-20-35(34)27-43(40)51/h1-29H. The van der Waals surface area contributed by atoms with Gasteiger partial charge in [0, 0.05) is 26.4 Å². The molecule has 0 unspecified atom stereocenters. The normalized spacial score (nSPS) is 11.8. The Morgan fingerprint density at radius 1 is 0.404 bits per heavy atom. The minimum atomic E-state index is 0.722. The first-order valence-electron chi connectivity index (χ1n) is 17.6. The summed E-state index contributed by atoms with van der Waals surface area (Å²) in [7, 11) is 0. The van der Waals surface area contributed by atoms with Crippen molar-refractivity contribution >= 4 is 75.0 Å². The van der Waals surface area contributed by atoms with Crippen LogP contribution in [0.1, 0.15) is 0 Å². The maximum atomic E-state index is 5.50. The number of hydrogen-bond acceptors (Lipinski definition) is 3. The summed E-state index contributed by atoms with van der Waals surface area (Å²) in [5.41, 5.74) is 8.03. The molecule has 0 atom stereocenters. The van der Waals surface area contributed by atoms with Crippen LogP contribution in [-0.2, 0) is 0 Å². The van der Waals surface area contributed by atoms with Gasteiger partial charge >= 0.3 is 0 Å². The topological polar surface area (TPSA) is 30.7 Å². The Morgan fingerprint density at radius 3 is 1.83 bits per heavy atom. The lowest BCUT2D eigenvalue weighted by Crippen LogP contribution is -2.02. The number of rotatable bonds is 4. The molecule has 52 heavy (non-hydrogen) atoms. The van der Waals surface area contributed by atoms with Crippen LogP contribution in [0.15, 0.2) is 176 Å². The Balaban J connectivity index is 1.29. The monoisotopic (exact) mass is 679 g/mol. The van der Waals surface area contributed by atoms with Crippen molar-refractivity contribution in [2.24, 2.45) is 0 Å². The van der Waals surface area contributed by atoms with Crippen molar-refractivity contribution in [3.8, 4) is 39.5 Å². The van der Waals surface area contributed by atoms with Crippen LogP contribution in [-0.4, -0.2) is 14.5 Å². The molecule has 0 saturated heterocycles. The molecule has 4 heteroatoms. The molecule has 11 rings (SSSR count). The van der Waals surface area contributed by atoms with Gasteiger partial charge in [0.15, 0.2) is 11.6 Å². The molecule has 0 spiro atoms. The second-order valence-corrected chi connectivity index (χ2v) is 14.4. The summed E-state index contributed by atoms with van der Waals surface area (Å²) < 4.78 is 3.56. The second kappa shape index (κ2) is 11.5. The molecule has 3 heterocycles. The van der Waals surface area contributed by atoms with Crippen LogP contribution in [0.2, 0.25) is 0 Å². The number of thiophene rings is 1. The average Bonchev–Trinajstić information content (AvgIpc) is 3.74. The Kier molecular flexibility index (Phi) is 6.42. The van der Waals surface area contributed by atoms with Gasteiger partial charge in [-0.15, -0.1) is 11.3 Å². The van der Waals surface area contributed by atoms with Gasteiger partial charge in [-0.05, 0) is 80.2 Å². The summed E-state index contributed by atoms with van der Waals surface area (Å²) in [6.07, 6.45) is 0. The Labute approximate surface area is 303 Å². The van der Waals surface area contributed by atoms with Crippen LogP contribution < -0.4 is 0 Å². The molecule has 0 saturated carbocycles. The van der Waals surface area contributed by atoms with Gasteiger partial charge in [-0.3, -0.25) is 4.57 Å². The van der Waals surface area contributed by atoms with E-state index in [0.717, 1.165) is 43.8 Å². The van der Waals surface area contributed by atoms with Crippen molar-refractivity contribution in [3.05, 3.63) is 176 Å². The predicted octanol–water partition coefficient (Wildman–Crippen LogP) is 13.2. The van der Waals surface area contributed by atoms with Gasteiger partial charge in [0.25, 0.3) is 0 Å². The van der Waals surface area contributed by atoms with E-state index in [0.29, 0.717) is 0 Å². The molecule has 242 valence electrons. The predicted molar refractivity (Wildman–Crippen MR) is 221 cm³/mol. The number of hydrogen-bond donors (Lipinski definition) is 0. The van der Waals surface area contributed by atoms with Crippen molar-refractivity contribution in [2.45, 2.75) is 0 Å². The fourth-order valence-corrected chi connectivity index (χ4v) is 9.01. The van der Waals surface area contributed by atoms with Crippen LogP contribution in [0.4, 0.5) is 0 Å². The van der Waals surface area contributed by atoms with Gasteiger partial charge in [-0.25, -0.2) is 9.97 Å². The van der Waals surface area contributed by atoms with Crippen molar-refractivity contribution in [2.75, 3.05) is 0 Å². The van der Waals surface area contributed by atoms with Gasteiger partial charge in [0.1, 0.15) is 4.83 Å². The molecule has 0 aliphatic rings. The highest BCUT2D eigenvalue weighted by atomic mass is 32.1. The van der Waals surface area contributed by atoms with Crippen molar-refractivity contribution in [1.29, 1.82) is 0 Å². The first-order valence-corrected chi connectivity index (χ1v) is 18.4. The van der Waals surface area contributed by atoms with Gasteiger partial charge in [-0.1, -0.05) is 140 Å². The SMILES string of the molecule is c1ccc(-c2nc(-n3c4ccccc4c4cc5ccccc5cc43)c3c(n2)sc2cc(-c4ccccc4)c(-c4ccc5ccccc5c4)cc23)cc1. The van der Waals surface area contributed by atoms with Crippen LogP contribution in [0.5, 0.6) is 0 Å². The summed E-state index contributed by atoms with van der Waals surface area (Å²) in [4.78, 5) is 11.8. The minimum absolute atomic E-state index is 0.722. The molecular formula is C48H29N3S. The first kappa shape index (κ1) is 29.1. The summed E-state index contributed by atoms with van der Waals surface area (Å²) in [6.45, 7) is 0. The van der Waals surface area contributed by atoms with E-state index in [1.807, 2.05) is 6.07 Å². The molecule has 0 bridgehead atoms. The third-order valence-corrected chi connectivity index (χ3v) is 11.4. The van der Waals surface area contributed by atoms with Gasteiger partial charge < -0.3 is 0 Å². The maximum absolute atomic E-state index is 5.50. The second-order valence-electron chi connectivity index (χ2n) is 13.4. The third-order valence-electron chi connectivity index (χ3n) is 10.4. The molecule has 8 aromatic carbocycles. The minimum Gasteiger partial charge on any atom is -0.293 e. The fourth-order valence-electron chi connectivity index (χ4n) is 7.92. The van der Waals surface area contributed by atoms with E-state index in [1.165, 1.54) is 59.3 Å². The van der Waals surface area contributed by atoms with Gasteiger partial charge in [0.05, 0.1) is 16.4 Å². The molecule has 3 nitrogen and oxygen atoms in total. The van der Waals surface area contributed by atoms with Gasteiger partial charge in [0.2, 0.25) is 0 Å². The summed E-state index contributed by atoms with van der Waals surface area (Å²) >= 11 is 1.75. The molecule has 0 amide bonds. The van der Waals surface area contributed by atoms with E-state index in [2.05, 4.69) is 174 Å². The molecular weight excluding hydrogens is 651 g/mol. The van der Waals surface area contributed by atoms with E-state index >= 15 is 0 Å². The number of benzene rings is 8. The molecule has 0 aliphatic heterocycles. The highest BCUT2D eigenvalue weighted by Crippen LogP contribution is 2.45. The number of aromatic nitrogens is 3. The lowest BCUT2D eigenvalue weighted by Gasteiger charge is -2.14. The largest absolute Gasteiger partial charge is 0.293 e. The number of nitrogens with zero attached hydrogens (tertiary/aromatic N) is 3. The zero-order valence-electron chi connectivity index (χ0n) is 28.0. The fraction of sp³-hybridized carbons (Fsp3) is 0. The van der Waals surface area contributed by atoms with Crippen LogP contribution >= 0.6 is 11.3 Å². The smallest absolute Gasteiger partial charge is 0.163 e. The van der Waals surface area contributed by atoms with Crippen LogP contribution in [0.3, 0.4) is 0 Å². The number of para-hydroxylation sites is 1. The third kappa shape index (κ3) is 4.51. The van der Waals surface area contributed by atoms with E-state index in [-0.39, 0.29) is 0 Å². The lowest BCUT2D eigenvalue weighted by atomic mass is 9.92. The average molecular weight is 680 g/mol. The molecule has 0 aliphatic carbocycles. The van der Waals surface area contributed by atoms with Crippen molar-refractivity contribution in [1.82, 2.24) is 14.5 Å². The Hall–Kier alpha value is -6.62. The lowest BCUT2D eigenvalue weighted by molar-refractivity contribution is 1.08. The summed E-state index contributed by atoms with van der Waals surface area (Å²) in [6, 6.07) is 63.2. The molecule has 0 fully saturated rings. The Morgan fingerprint density at radius 2 is 1.04 bits per heavy atom. The molecule has 0 N–H and O–H groups in total. The van der Waals surface area contributed by atoms with Crippen LogP contribution in [0.25, 0.3) is 103 Å². The van der Waals surface area contributed by atoms with Crippen molar-refractivity contribution < 1.29 is 0 Å². The molecule has 0 radical (unpaired) electrons. The number of fused-ring (bicyclic) bond motifs is 8. The molecule has 11 aromatic rings. The maximum Gasteiger partial charge on any atom is 0.163 e. The van der Waals surface area contributed by atoms with Gasteiger partial charge in [-0.2, -0.15) is 0 Å². The zero-order chi connectivity index (χ0) is 34.2. The summed E-state index contributed by atoms with van der Waals surface area (Å²) in [5.74, 6) is 1.62. The highest BCUT2D eigenvalue weighted by molar-refractivity contribution is 7.25. The van der Waals surface area contributed by atoms with E-state index in [9.17, 15) is 0 Å². The first-order chi connectivity index (χ1) is 25.8. The quantitative estimate of drug-likeness (QED) is 0.185. The van der Waals surface area contributed by atoms with Crippen LogP contribution in [0, 0.1) is 0 Å². The van der Waals surface area contributed by atoms with E-state index < -0.39 is 0 Å². The zero-order valence-corrected chi connectivity index (χ0v) is 28.8. The van der Waals surface area contributed by atoms with Crippen molar-refractivity contribution in [3.63, 3.8) is 0 Å². The summed E-state index contributed by atoms with van der Waals surface area (Å²) in [5, 5.41) is 9.53. The van der Waals surface area contributed by atoms with E-state index in [1.54, 1.807) is 11.3 Å². The highest BCUT2D eigenvalue weighted by Gasteiger charge is 2.23. The Bertz CT molecular complexity index is 3180.